The van der Waals surface area contributed by atoms with Crippen molar-refractivity contribution in [3.05, 3.63) is 60.7 Å². The zero-order valence-electron chi connectivity index (χ0n) is 17.2. The first kappa shape index (κ1) is 22.7. The Kier molecular flexibility index (Phi) is 10.1. The van der Waals surface area contributed by atoms with Crippen LogP contribution in [0.3, 0.4) is 0 Å². The maximum atomic E-state index is 11.4. The van der Waals surface area contributed by atoms with Gasteiger partial charge in [-0.05, 0) is 35.7 Å². The Labute approximate surface area is 164 Å². The Hall–Kier alpha value is -2.39. The molecule has 146 valence electrons. The maximum absolute atomic E-state index is 11.4. The van der Waals surface area contributed by atoms with Crippen LogP contribution in [0.25, 0.3) is 16.7 Å². The third-order valence-corrected chi connectivity index (χ3v) is 3.95. The second-order valence-electron chi connectivity index (χ2n) is 6.40. The minimum atomic E-state index is 0.0120. The number of rotatable bonds is 9. The van der Waals surface area contributed by atoms with E-state index in [1.54, 1.807) is 0 Å². The molecule has 0 heterocycles. The number of ketones is 1. The number of allylic oxidation sites excluding steroid dienone is 1. The number of benzene rings is 2. The molecular weight excluding hydrogens is 336 g/mol. The minimum Gasteiger partial charge on any atom is -0.491 e. The Bertz CT molecular complexity index is 697. The third kappa shape index (κ3) is 7.79. The predicted molar refractivity (Wildman–Crippen MR) is 114 cm³/mol. The molecule has 0 unspecified atom stereocenters. The molecule has 2 aromatic carbocycles. The summed E-state index contributed by atoms with van der Waals surface area (Å²) >= 11 is 0. The van der Waals surface area contributed by atoms with Crippen molar-refractivity contribution in [3.63, 3.8) is 0 Å². The molecule has 0 aromatic heterocycles. The van der Waals surface area contributed by atoms with E-state index in [-0.39, 0.29) is 18.3 Å². The number of hydrogen-bond donors (Lipinski definition) is 0. The van der Waals surface area contributed by atoms with Gasteiger partial charge in [-0.15, -0.1) is 0 Å². The van der Waals surface area contributed by atoms with Crippen LogP contribution in [0.1, 0.15) is 40.2 Å². The standard InChI is InChI=1S/C22H26O3.C2H6/c1-16(2)18-5-7-19(8-6-18)20-9-11-21(12-10-20)25-14-13-24-15-22(23)17(3)4;1-2/h5-12,17H,1,13-15H2,2-4H3;1-2H3. The maximum Gasteiger partial charge on any atom is 0.160 e. The molecule has 0 saturated carbocycles. The summed E-state index contributed by atoms with van der Waals surface area (Å²) in [5, 5.41) is 0. The first-order chi connectivity index (χ1) is 13.0. The van der Waals surface area contributed by atoms with Gasteiger partial charge in [0.15, 0.2) is 5.78 Å². The zero-order valence-corrected chi connectivity index (χ0v) is 17.2. The fraction of sp³-hybridized carbons (Fsp3) is 0.375. The van der Waals surface area contributed by atoms with E-state index in [0.29, 0.717) is 13.2 Å². The molecule has 0 N–H and O–H groups in total. The van der Waals surface area contributed by atoms with E-state index in [1.807, 2.05) is 58.9 Å². The molecular formula is C24H32O3. The van der Waals surface area contributed by atoms with E-state index in [1.165, 1.54) is 0 Å². The van der Waals surface area contributed by atoms with Crippen molar-refractivity contribution in [1.82, 2.24) is 0 Å². The molecule has 0 aliphatic carbocycles. The molecule has 0 saturated heterocycles. The Balaban J connectivity index is 0.00000176. The lowest BCUT2D eigenvalue weighted by Crippen LogP contribution is -2.17. The molecule has 27 heavy (non-hydrogen) atoms. The summed E-state index contributed by atoms with van der Waals surface area (Å²) < 4.78 is 11.0. The van der Waals surface area contributed by atoms with Crippen LogP contribution in [0, 0.1) is 5.92 Å². The number of carbonyl (C=O) groups is 1. The number of carbonyl (C=O) groups excluding carboxylic acids is 1. The highest BCUT2D eigenvalue weighted by Crippen LogP contribution is 2.24. The second kappa shape index (κ2) is 12.1. The predicted octanol–water partition coefficient (Wildman–Crippen LogP) is 6.03. The minimum absolute atomic E-state index is 0.0120. The molecule has 0 spiro atoms. The summed E-state index contributed by atoms with van der Waals surface area (Å²) in [5.41, 5.74) is 4.51. The highest BCUT2D eigenvalue weighted by Gasteiger charge is 2.06. The summed E-state index contributed by atoms with van der Waals surface area (Å²) in [5.74, 6) is 0.918. The van der Waals surface area contributed by atoms with Crippen molar-refractivity contribution < 1.29 is 14.3 Å². The van der Waals surface area contributed by atoms with Gasteiger partial charge < -0.3 is 9.47 Å². The van der Waals surface area contributed by atoms with Gasteiger partial charge in [-0.1, -0.05) is 76.2 Å². The van der Waals surface area contributed by atoms with Crippen molar-refractivity contribution in [3.8, 4) is 16.9 Å². The van der Waals surface area contributed by atoms with Crippen LogP contribution in [0.2, 0.25) is 0 Å². The van der Waals surface area contributed by atoms with Crippen LogP contribution >= 0.6 is 0 Å². The average molecular weight is 369 g/mol. The van der Waals surface area contributed by atoms with Gasteiger partial charge in [-0.2, -0.15) is 0 Å². The van der Waals surface area contributed by atoms with E-state index < -0.39 is 0 Å². The molecule has 0 aliphatic heterocycles. The average Bonchev–Trinajstić information content (AvgIpc) is 2.69. The van der Waals surface area contributed by atoms with Gasteiger partial charge in [0.05, 0.1) is 6.61 Å². The number of ether oxygens (including phenoxy) is 2. The molecule has 3 heteroatoms. The first-order valence-corrected chi connectivity index (χ1v) is 9.57. The summed E-state index contributed by atoms with van der Waals surface area (Å²) in [6.07, 6.45) is 0. The first-order valence-electron chi connectivity index (χ1n) is 9.57. The monoisotopic (exact) mass is 368 g/mol. The van der Waals surface area contributed by atoms with E-state index in [4.69, 9.17) is 9.47 Å². The summed E-state index contributed by atoms with van der Waals surface area (Å²) in [6.45, 7) is 14.7. The second-order valence-corrected chi connectivity index (χ2v) is 6.40. The van der Waals surface area contributed by atoms with Crippen LogP contribution < -0.4 is 4.74 Å². The highest BCUT2D eigenvalue weighted by atomic mass is 16.5. The summed E-state index contributed by atoms with van der Waals surface area (Å²) in [7, 11) is 0. The molecule has 2 rings (SSSR count). The van der Waals surface area contributed by atoms with E-state index in [2.05, 4.69) is 30.8 Å². The molecule has 0 amide bonds. The summed E-state index contributed by atoms with van der Waals surface area (Å²) in [4.78, 5) is 11.4. The molecule has 2 aromatic rings. The topological polar surface area (TPSA) is 35.5 Å². The van der Waals surface area contributed by atoms with E-state index in [9.17, 15) is 4.79 Å². The Morgan fingerprint density at radius 1 is 0.926 bits per heavy atom. The van der Waals surface area contributed by atoms with Crippen molar-refractivity contribution >= 4 is 11.4 Å². The van der Waals surface area contributed by atoms with Crippen LogP contribution in [0.5, 0.6) is 5.75 Å². The Morgan fingerprint density at radius 3 is 1.93 bits per heavy atom. The third-order valence-electron chi connectivity index (χ3n) is 3.95. The van der Waals surface area contributed by atoms with E-state index in [0.717, 1.165) is 28.0 Å². The molecule has 0 atom stereocenters. The van der Waals surface area contributed by atoms with Crippen LogP contribution in [0.4, 0.5) is 0 Å². The van der Waals surface area contributed by atoms with Crippen molar-refractivity contribution in [2.45, 2.75) is 34.6 Å². The van der Waals surface area contributed by atoms with Gasteiger partial charge in [0, 0.05) is 5.92 Å². The fourth-order valence-electron chi connectivity index (χ4n) is 2.25. The zero-order chi connectivity index (χ0) is 20.2. The smallest absolute Gasteiger partial charge is 0.160 e. The molecule has 0 fully saturated rings. The number of hydrogen-bond acceptors (Lipinski definition) is 3. The van der Waals surface area contributed by atoms with Gasteiger partial charge in [-0.25, -0.2) is 0 Å². The quantitative estimate of drug-likeness (QED) is 0.507. The number of Topliss-reactive ketones (excluding diaryl/α,β-unsaturated/α-hetero) is 1. The van der Waals surface area contributed by atoms with Crippen LogP contribution in [-0.4, -0.2) is 25.6 Å². The molecule has 0 aliphatic rings. The van der Waals surface area contributed by atoms with Crippen molar-refractivity contribution in [1.29, 1.82) is 0 Å². The molecule has 0 radical (unpaired) electrons. The normalized spacial score (nSPS) is 10.1. The van der Waals surface area contributed by atoms with Gasteiger partial charge in [0.25, 0.3) is 0 Å². The summed E-state index contributed by atoms with van der Waals surface area (Å²) in [6, 6.07) is 16.3. The van der Waals surface area contributed by atoms with Crippen LogP contribution in [0.15, 0.2) is 55.1 Å². The largest absolute Gasteiger partial charge is 0.491 e. The van der Waals surface area contributed by atoms with Gasteiger partial charge >= 0.3 is 0 Å². The SMILES string of the molecule is C=C(C)c1ccc(-c2ccc(OCCOCC(=O)C(C)C)cc2)cc1.CC. The van der Waals surface area contributed by atoms with Gasteiger partial charge in [-0.3, -0.25) is 4.79 Å². The van der Waals surface area contributed by atoms with Crippen LogP contribution in [-0.2, 0) is 9.53 Å². The lowest BCUT2D eigenvalue weighted by molar-refractivity contribution is -0.126. The fourth-order valence-corrected chi connectivity index (χ4v) is 2.25. The van der Waals surface area contributed by atoms with Crippen molar-refractivity contribution in [2.24, 2.45) is 5.92 Å². The lowest BCUT2D eigenvalue weighted by atomic mass is 10.0. The Morgan fingerprint density at radius 2 is 1.44 bits per heavy atom. The molecule has 3 nitrogen and oxygen atoms in total. The highest BCUT2D eigenvalue weighted by molar-refractivity contribution is 5.81. The van der Waals surface area contributed by atoms with E-state index >= 15 is 0 Å². The van der Waals surface area contributed by atoms with Crippen molar-refractivity contribution in [2.75, 3.05) is 19.8 Å². The van der Waals surface area contributed by atoms with Gasteiger partial charge in [0.1, 0.15) is 19.0 Å². The van der Waals surface area contributed by atoms with Gasteiger partial charge in [0.2, 0.25) is 0 Å². The molecule has 0 bridgehead atoms. The lowest BCUT2D eigenvalue weighted by Gasteiger charge is -2.09.